The number of benzene rings is 2. The molecule has 0 saturated heterocycles. The van der Waals surface area contributed by atoms with Gasteiger partial charge in [-0.15, -0.1) is 0 Å². The number of amides is 2. The van der Waals surface area contributed by atoms with Gasteiger partial charge in [0.05, 0.1) is 24.3 Å². The van der Waals surface area contributed by atoms with Gasteiger partial charge in [-0.25, -0.2) is 4.98 Å². The molecule has 0 bridgehead atoms. The zero-order chi connectivity index (χ0) is 23.9. The zero-order valence-electron chi connectivity index (χ0n) is 18.7. The molecule has 1 aliphatic rings. The molecule has 10 heteroatoms. The maximum atomic E-state index is 12.5. The number of aromatic nitrogens is 2. The maximum absolute atomic E-state index is 12.5. The van der Waals surface area contributed by atoms with Gasteiger partial charge in [-0.1, -0.05) is 41.6 Å². The number of aliphatic hydroxyl groups excluding tert-OH is 1. The normalized spacial score (nSPS) is 12.3. The van der Waals surface area contributed by atoms with Crippen molar-refractivity contribution in [1.82, 2.24) is 14.9 Å². The highest BCUT2D eigenvalue weighted by Gasteiger charge is 2.16. The third-order valence-corrected chi connectivity index (χ3v) is 6.12. The SMILES string of the molecule is Cc1ccc(CNC(=O)Cn2c(CO)cnc2SCC(=O)Nc2ccc3c(c2)OCCO3)cc1. The van der Waals surface area contributed by atoms with E-state index in [0.29, 0.717) is 47.8 Å². The van der Waals surface area contributed by atoms with Crippen LogP contribution in [0.3, 0.4) is 0 Å². The Hall–Kier alpha value is -3.50. The highest BCUT2D eigenvalue weighted by molar-refractivity contribution is 7.99. The fourth-order valence-corrected chi connectivity index (χ4v) is 4.15. The van der Waals surface area contributed by atoms with Gasteiger partial charge in [0.2, 0.25) is 11.8 Å². The lowest BCUT2D eigenvalue weighted by molar-refractivity contribution is -0.122. The van der Waals surface area contributed by atoms with Crippen LogP contribution < -0.4 is 20.1 Å². The summed E-state index contributed by atoms with van der Waals surface area (Å²) in [6.45, 7) is 3.11. The van der Waals surface area contributed by atoms with E-state index in [4.69, 9.17) is 9.47 Å². The fraction of sp³-hybridized carbons (Fsp3) is 0.292. The first kappa shape index (κ1) is 23.7. The standard InChI is InChI=1S/C24H26N4O5S/c1-16-2-4-17(5-3-16)11-25-22(30)13-28-19(14-29)12-26-24(28)34-15-23(31)27-18-6-7-20-21(10-18)33-9-8-32-20/h2-7,10,12,29H,8-9,11,13-15H2,1H3,(H,25,30)(H,27,31). The molecular formula is C24H26N4O5S. The summed E-state index contributed by atoms with van der Waals surface area (Å²) in [6.07, 6.45) is 1.51. The first-order valence-electron chi connectivity index (χ1n) is 10.8. The molecule has 1 aromatic heterocycles. The molecule has 178 valence electrons. The summed E-state index contributed by atoms with van der Waals surface area (Å²) in [7, 11) is 0. The third kappa shape index (κ3) is 6.09. The molecule has 0 saturated carbocycles. The Bertz CT molecular complexity index is 1160. The summed E-state index contributed by atoms with van der Waals surface area (Å²) in [5.74, 6) is 0.886. The highest BCUT2D eigenvalue weighted by Crippen LogP contribution is 2.32. The molecule has 1 aliphatic heterocycles. The Morgan fingerprint density at radius 3 is 2.62 bits per heavy atom. The molecule has 0 atom stereocenters. The Morgan fingerprint density at radius 2 is 1.85 bits per heavy atom. The van der Waals surface area contributed by atoms with E-state index in [9.17, 15) is 14.7 Å². The van der Waals surface area contributed by atoms with Gasteiger partial charge in [0.1, 0.15) is 19.8 Å². The lowest BCUT2D eigenvalue weighted by Crippen LogP contribution is -2.28. The van der Waals surface area contributed by atoms with Gasteiger partial charge in [0.25, 0.3) is 0 Å². The molecule has 2 aromatic carbocycles. The van der Waals surface area contributed by atoms with Crippen LogP contribution >= 0.6 is 11.8 Å². The first-order valence-corrected chi connectivity index (χ1v) is 11.8. The lowest BCUT2D eigenvalue weighted by atomic mass is 10.1. The number of carbonyl (C=O) groups excluding carboxylic acids is 2. The number of fused-ring (bicyclic) bond motifs is 1. The van der Waals surface area contributed by atoms with Crippen LogP contribution in [0.1, 0.15) is 16.8 Å². The lowest BCUT2D eigenvalue weighted by Gasteiger charge is -2.19. The Kier molecular flexibility index (Phi) is 7.71. The van der Waals surface area contributed by atoms with Crippen molar-refractivity contribution >= 4 is 29.3 Å². The average Bonchev–Trinajstić information content (AvgIpc) is 3.23. The number of nitrogens with one attached hydrogen (secondary N) is 2. The Balaban J connectivity index is 1.32. The first-order chi connectivity index (χ1) is 16.5. The number of thioether (sulfide) groups is 1. The van der Waals surface area contributed by atoms with Crippen molar-refractivity contribution in [2.75, 3.05) is 24.3 Å². The number of hydrogen-bond donors (Lipinski definition) is 3. The van der Waals surface area contributed by atoms with E-state index in [1.54, 1.807) is 22.8 Å². The summed E-state index contributed by atoms with van der Waals surface area (Å²) in [6, 6.07) is 13.1. The molecule has 0 unspecified atom stereocenters. The van der Waals surface area contributed by atoms with Crippen molar-refractivity contribution in [2.45, 2.75) is 31.8 Å². The van der Waals surface area contributed by atoms with Gasteiger partial charge < -0.3 is 29.8 Å². The van der Waals surface area contributed by atoms with Crippen LogP contribution in [0.2, 0.25) is 0 Å². The van der Waals surface area contributed by atoms with Gasteiger partial charge in [0.15, 0.2) is 16.7 Å². The fourth-order valence-electron chi connectivity index (χ4n) is 3.36. The predicted molar refractivity (Wildman–Crippen MR) is 128 cm³/mol. The number of anilines is 1. The van der Waals surface area contributed by atoms with Crippen molar-refractivity contribution < 1.29 is 24.2 Å². The Labute approximate surface area is 201 Å². The van der Waals surface area contributed by atoms with Gasteiger partial charge in [0, 0.05) is 18.3 Å². The minimum atomic E-state index is -0.262. The topological polar surface area (TPSA) is 115 Å². The molecular weight excluding hydrogens is 456 g/mol. The summed E-state index contributed by atoms with van der Waals surface area (Å²) >= 11 is 1.19. The van der Waals surface area contributed by atoms with Gasteiger partial charge in [-0.3, -0.25) is 9.59 Å². The second-order valence-corrected chi connectivity index (χ2v) is 8.68. The number of carbonyl (C=O) groups is 2. The average molecular weight is 483 g/mol. The van der Waals surface area contributed by atoms with Crippen molar-refractivity contribution in [3.05, 3.63) is 65.5 Å². The minimum Gasteiger partial charge on any atom is -0.486 e. The van der Waals surface area contributed by atoms with Gasteiger partial charge in [-0.2, -0.15) is 0 Å². The number of imidazole rings is 1. The van der Waals surface area contributed by atoms with Crippen LogP contribution in [-0.2, 0) is 29.3 Å². The van der Waals surface area contributed by atoms with Crippen LogP contribution in [0, 0.1) is 6.92 Å². The van der Waals surface area contributed by atoms with Gasteiger partial charge in [-0.05, 0) is 24.6 Å². The van der Waals surface area contributed by atoms with E-state index in [1.807, 2.05) is 31.2 Å². The minimum absolute atomic E-state index is 0.00608. The van der Waals surface area contributed by atoms with E-state index in [2.05, 4.69) is 15.6 Å². The highest BCUT2D eigenvalue weighted by atomic mass is 32.2. The van der Waals surface area contributed by atoms with E-state index in [1.165, 1.54) is 18.0 Å². The molecule has 0 fully saturated rings. The number of nitrogens with zero attached hydrogens (tertiary/aromatic N) is 2. The summed E-state index contributed by atoms with van der Waals surface area (Å²) in [5.41, 5.74) is 3.25. The molecule has 0 aliphatic carbocycles. The number of aryl methyl sites for hydroxylation is 1. The summed E-state index contributed by atoms with van der Waals surface area (Å²) < 4.78 is 12.6. The number of aliphatic hydroxyl groups is 1. The van der Waals surface area contributed by atoms with Crippen molar-refractivity contribution in [3.63, 3.8) is 0 Å². The van der Waals surface area contributed by atoms with Crippen molar-refractivity contribution in [2.24, 2.45) is 0 Å². The molecule has 3 aromatic rings. The summed E-state index contributed by atoms with van der Waals surface area (Å²) in [4.78, 5) is 29.3. The zero-order valence-corrected chi connectivity index (χ0v) is 19.6. The summed E-state index contributed by atoms with van der Waals surface area (Å²) in [5, 5.41) is 15.8. The van der Waals surface area contributed by atoms with E-state index >= 15 is 0 Å². The van der Waals surface area contributed by atoms with Gasteiger partial charge >= 0.3 is 0 Å². The van der Waals surface area contributed by atoms with Crippen LogP contribution in [0.25, 0.3) is 0 Å². The van der Waals surface area contributed by atoms with E-state index < -0.39 is 0 Å². The molecule has 4 rings (SSSR count). The second kappa shape index (κ2) is 11.1. The van der Waals surface area contributed by atoms with Crippen molar-refractivity contribution in [3.8, 4) is 11.5 Å². The van der Waals surface area contributed by atoms with Crippen LogP contribution in [0.4, 0.5) is 5.69 Å². The smallest absolute Gasteiger partial charge is 0.240 e. The predicted octanol–water partition coefficient (Wildman–Crippen LogP) is 2.50. The van der Waals surface area contributed by atoms with Crippen LogP contribution in [-0.4, -0.2) is 45.4 Å². The number of hydrogen-bond acceptors (Lipinski definition) is 7. The molecule has 0 radical (unpaired) electrons. The third-order valence-electron chi connectivity index (χ3n) is 5.13. The monoisotopic (exact) mass is 482 g/mol. The maximum Gasteiger partial charge on any atom is 0.240 e. The largest absolute Gasteiger partial charge is 0.486 e. The molecule has 9 nitrogen and oxygen atoms in total. The molecule has 3 N–H and O–H groups in total. The van der Waals surface area contributed by atoms with Crippen LogP contribution in [0.5, 0.6) is 11.5 Å². The molecule has 0 spiro atoms. The van der Waals surface area contributed by atoms with Crippen molar-refractivity contribution in [1.29, 1.82) is 0 Å². The molecule has 2 heterocycles. The number of rotatable bonds is 9. The molecule has 34 heavy (non-hydrogen) atoms. The van der Waals surface area contributed by atoms with E-state index in [0.717, 1.165) is 11.1 Å². The van der Waals surface area contributed by atoms with E-state index in [-0.39, 0.29) is 30.7 Å². The second-order valence-electron chi connectivity index (χ2n) is 7.73. The Morgan fingerprint density at radius 1 is 1.09 bits per heavy atom. The quantitative estimate of drug-likeness (QED) is 0.402. The van der Waals surface area contributed by atoms with Crippen LogP contribution in [0.15, 0.2) is 53.8 Å². The number of ether oxygens (including phenoxy) is 2. The molecule has 2 amide bonds.